The van der Waals surface area contributed by atoms with Crippen LogP contribution in [0.25, 0.3) is 5.69 Å². The highest BCUT2D eigenvalue weighted by Crippen LogP contribution is 2.32. The van der Waals surface area contributed by atoms with E-state index in [4.69, 9.17) is 4.74 Å². The van der Waals surface area contributed by atoms with Gasteiger partial charge in [0.2, 0.25) is 0 Å². The Hall–Kier alpha value is -2.81. The summed E-state index contributed by atoms with van der Waals surface area (Å²) in [6, 6.07) is 1.86. The topological polar surface area (TPSA) is 96.5 Å². The van der Waals surface area contributed by atoms with Crippen molar-refractivity contribution in [1.82, 2.24) is 9.55 Å². The zero-order valence-corrected chi connectivity index (χ0v) is 13.5. The molecule has 0 saturated carbocycles. The Morgan fingerprint density at radius 3 is 2.80 bits per heavy atom. The van der Waals surface area contributed by atoms with Gasteiger partial charge in [0.25, 0.3) is 5.69 Å². The molecule has 0 spiro atoms. The van der Waals surface area contributed by atoms with Crippen molar-refractivity contribution in [1.29, 1.82) is 0 Å². The molecule has 132 valence electrons. The zero-order valence-electron chi connectivity index (χ0n) is 13.5. The standard InChI is InChI=1S/C16H16FN3O5/c1-24-16(21)11-8-14(20(22)23)13(9-12(11)17)19-5-4-18-15(19)10-2-6-25-7-3-10/h4-5,8-10H,2-3,6-7H2,1H3. The largest absolute Gasteiger partial charge is 0.465 e. The lowest BCUT2D eigenvalue weighted by atomic mass is 9.99. The maximum atomic E-state index is 14.3. The van der Waals surface area contributed by atoms with E-state index >= 15 is 0 Å². The number of aromatic nitrogens is 2. The van der Waals surface area contributed by atoms with Gasteiger partial charge in [-0.2, -0.15) is 0 Å². The van der Waals surface area contributed by atoms with Crippen LogP contribution in [0.5, 0.6) is 0 Å². The van der Waals surface area contributed by atoms with E-state index in [9.17, 15) is 19.3 Å². The lowest BCUT2D eigenvalue weighted by molar-refractivity contribution is -0.384. The van der Waals surface area contributed by atoms with Crippen LogP contribution in [0.1, 0.15) is 34.9 Å². The van der Waals surface area contributed by atoms with Gasteiger partial charge in [-0.15, -0.1) is 0 Å². The highest BCUT2D eigenvalue weighted by molar-refractivity contribution is 5.91. The Balaban J connectivity index is 2.11. The number of ether oxygens (including phenoxy) is 2. The fourth-order valence-electron chi connectivity index (χ4n) is 2.93. The SMILES string of the molecule is COC(=O)c1cc([N+](=O)[O-])c(-n2ccnc2C2CCOCC2)cc1F. The van der Waals surface area contributed by atoms with Crippen molar-refractivity contribution in [2.24, 2.45) is 0 Å². The summed E-state index contributed by atoms with van der Waals surface area (Å²) in [5, 5.41) is 11.5. The highest BCUT2D eigenvalue weighted by atomic mass is 19.1. The van der Waals surface area contributed by atoms with Crippen LogP contribution in [-0.4, -0.2) is 40.8 Å². The van der Waals surface area contributed by atoms with E-state index in [2.05, 4.69) is 9.72 Å². The van der Waals surface area contributed by atoms with Gasteiger partial charge in [-0.25, -0.2) is 14.2 Å². The van der Waals surface area contributed by atoms with E-state index in [-0.39, 0.29) is 11.6 Å². The van der Waals surface area contributed by atoms with E-state index < -0.39 is 28.0 Å². The van der Waals surface area contributed by atoms with Gasteiger partial charge in [0.15, 0.2) is 0 Å². The average molecular weight is 349 g/mol. The van der Waals surface area contributed by atoms with Crippen LogP contribution < -0.4 is 0 Å². The molecule has 0 bridgehead atoms. The minimum Gasteiger partial charge on any atom is -0.465 e. The van der Waals surface area contributed by atoms with Crippen molar-refractivity contribution >= 4 is 11.7 Å². The molecule has 1 fully saturated rings. The number of nitro groups is 1. The molecule has 9 heteroatoms. The van der Waals surface area contributed by atoms with Gasteiger partial charge >= 0.3 is 5.97 Å². The molecule has 0 aliphatic carbocycles. The first-order chi connectivity index (χ1) is 12.0. The monoisotopic (exact) mass is 349 g/mol. The molecule has 3 rings (SSSR count). The van der Waals surface area contributed by atoms with E-state index in [1.54, 1.807) is 6.20 Å². The third kappa shape index (κ3) is 3.22. The van der Waals surface area contributed by atoms with Gasteiger partial charge < -0.3 is 9.47 Å². The summed E-state index contributed by atoms with van der Waals surface area (Å²) in [5.74, 6) is -1.19. The van der Waals surface area contributed by atoms with Gasteiger partial charge in [-0.3, -0.25) is 14.7 Å². The second-order valence-electron chi connectivity index (χ2n) is 5.61. The molecule has 2 heterocycles. The van der Waals surface area contributed by atoms with Crippen molar-refractivity contribution in [3.8, 4) is 5.69 Å². The number of halogens is 1. The summed E-state index contributed by atoms with van der Waals surface area (Å²) < 4.78 is 25.6. The number of benzene rings is 1. The second-order valence-corrected chi connectivity index (χ2v) is 5.61. The first-order valence-electron chi connectivity index (χ1n) is 7.70. The molecule has 0 unspecified atom stereocenters. The normalized spacial score (nSPS) is 15.1. The van der Waals surface area contributed by atoms with E-state index in [1.165, 1.54) is 10.8 Å². The molecule has 25 heavy (non-hydrogen) atoms. The summed E-state index contributed by atoms with van der Waals surface area (Å²) in [5.41, 5.74) is -0.854. The number of carbonyl (C=O) groups is 1. The Labute approximate surface area is 142 Å². The lowest BCUT2D eigenvalue weighted by Gasteiger charge is -2.22. The van der Waals surface area contributed by atoms with Crippen molar-refractivity contribution in [3.63, 3.8) is 0 Å². The quantitative estimate of drug-likeness (QED) is 0.478. The number of esters is 1. The maximum absolute atomic E-state index is 14.3. The predicted octanol–water partition coefficient (Wildman–Crippen LogP) is 2.60. The van der Waals surface area contributed by atoms with Crippen molar-refractivity contribution < 1.29 is 23.6 Å². The van der Waals surface area contributed by atoms with Crippen LogP contribution >= 0.6 is 0 Å². The van der Waals surface area contributed by atoms with Gasteiger partial charge in [-0.1, -0.05) is 0 Å². The summed E-state index contributed by atoms with van der Waals surface area (Å²) in [4.78, 5) is 26.7. The molecular formula is C16H16FN3O5. The van der Waals surface area contributed by atoms with Crippen LogP contribution in [0.3, 0.4) is 0 Å². The van der Waals surface area contributed by atoms with Crippen LogP contribution in [0.2, 0.25) is 0 Å². The second kappa shape index (κ2) is 6.98. The molecule has 1 saturated heterocycles. The third-order valence-corrected chi connectivity index (χ3v) is 4.18. The summed E-state index contributed by atoms with van der Waals surface area (Å²) in [7, 11) is 1.08. The molecular weight excluding hydrogens is 333 g/mol. The zero-order chi connectivity index (χ0) is 18.0. The van der Waals surface area contributed by atoms with Crippen LogP contribution in [-0.2, 0) is 9.47 Å². The van der Waals surface area contributed by atoms with Gasteiger partial charge in [0.05, 0.1) is 12.0 Å². The summed E-state index contributed by atoms with van der Waals surface area (Å²) in [6.45, 7) is 1.16. The molecule has 0 amide bonds. The third-order valence-electron chi connectivity index (χ3n) is 4.18. The first-order valence-corrected chi connectivity index (χ1v) is 7.70. The number of carbonyl (C=O) groups excluding carboxylic acids is 1. The minimum atomic E-state index is -0.970. The average Bonchev–Trinajstić information content (AvgIpc) is 3.11. The van der Waals surface area contributed by atoms with E-state index in [1.807, 2.05) is 0 Å². The Morgan fingerprint density at radius 1 is 1.44 bits per heavy atom. The number of hydrogen-bond acceptors (Lipinski definition) is 6. The fraction of sp³-hybridized carbons (Fsp3) is 0.375. The van der Waals surface area contributed by atoms with Crippen LogP contribution in [0.15, 0.2) is 24.5 Å². The Bertz CT molecular complexity index is 814. The lowest BCUT2D eigenvalue weighted by Crippen LogP contribution is -2.18. The molecule has 0 atom stereocenters. The molecule has 8 nitrogen and oxygen atoms in total. The Morgan fingerprint density at radius 2 is 2.16 bits per heavy atom. The molecule has 2 aromatic rings. The molecule has 1 aromatic heterocycles. The summed E-state index contributed by atoms with van der Waals surface area (Å²) >= 11 is 0. The van der Waals surface area contributed by atoms with E-state index in [0.29, 0.717) is 19.0 Å². The van der Waals surface area contributed by atoms with Gasteiger partial charge in [0.1, 0.15) is 22.9 Å². The Kier molecular flexibility index (Phi) is 4.75. The molecule has 0 radical (unpaired) electrons. The van der Waals surface area contributed by atoms with E-state index in [0.717, 1.165) is 32.1 Å². The fourth-order valence-corrected chi connectivity index (χ4v) is 2.93. The van der Waals surface area contributed by atoms with Gasteiger partial charge in [-0.05, 0) is 12.8 Å². The first kappa shape index (κ1) is 17.0. The number of nitrogens with zero attached hydrogens (tertiary/aromatic N) is 3. The van der Waals surface area contributed by atoms with Crippen LogP contribution in [0, 0.1) is 15.9 Å². The smallest absolute Gasteiger partial charge is 0.341 e. The molecule has 1 aromatic carbocycles. The van der Waals surface area contributed by atoms with Crippen molar-refractivity contribution in [2.45, 2.75) is 18.8 Å². The number of rotatable bonds is 4. The number of imidazole rings is 1. The summed E-state index contributed by atoms with van der Waals surface area (Å²) in [6.07, 6.45) is 4.52. The molecule has 1 aliphatic rings. The maximum Gasteiger partial charge on any atom is 0.341 e. The minimum absolute atomic E-state index is 0.0224. The van der Waals surface area contributed by atoms with Gasteiger partial charge in [0, 0.05) is 43.7 Å². The predicted molar refractivity (Wildman–Crippen MR) is 84.3 cm³/mol. The van der Waals surface area contributed by atoms with Crippen molar-refractivity contribution in [2.75, 3.05) is 20.3 Å². The molecule has 0 N–H and O–H groups in total. The van der Waals surface area contributed by atoms with Crippen LogP contribution in [0.4, 0.5) is 10.1 Å². The molecule has 1 aliphatic heterocycles. The number of hydrogen-bond donors (Lipinski definition) is 0. The highest BCUT2D eigenvalue weighted by Gasteiger charge is 2.27. The number of nitro benzene ring substituents is 1. The van der Waals surface area contributed by atoms with Crippen molar-refractivity contribution in [3.05, 3.63) is 51.8 Å². The number of methoxy groups -OCH3 is 1.